The third kappa shape index (κ3) is 4.07. The molecule has 4 rings (SSSR count). The SMILES string of the molecule is COc1cc(C)c(/C(O)=C2\C(=O)C(=O)N(c3ccccc3OC)C2c2ccc(C)o2)cc1C(C)C. The van der Waals surface area contributed by atoms with Crippen LogP contribution < -0.4 is 14.4 Å². The number of para-hydroxylation sites is 2. The zero-order valence-corrected chi connectivity index (χ0v) is 20.7. The van der Waals surface area contributed by atoms with Crippen LogP contribution in [0, 0.1) is 13.8 Å². The molecule has 1 fully saturated rings. The van der Waals surface area contributed by atoms with E-state index in [2.05, 4.69) is 0 Å². The molecule has 0 aliphatic carbocycles. The molecule has 7 nitrogen and oxygen atoms in total. The highest BCUT2D eigenvalue weighted by molar-refractivity contribution is 6.51. The van der Waals surface area contributed by atoms with Crippen LogP contribution in [0.5, 0.6) is 11.5 Å². The lowest BCUT2D eigenvalue weighted by Crippen LogP contribution is -2.29. The molecule has 1 saturated heterocycles. The zero-order valence-electron chi connectivity index (χ0n) is 20.7. The maximum Gasteiger partial charge on any atom is 0.300 e. The molecule has 1 atom stereocenters. The second kappa shape index (κ2) is 9.33. The molecule has 3 aromatic rings. The van der Waals surface area contributed by atoms with Crippen LogP contribution in [0.25, 0.3) is 5.76 Å². The number of aliphatic hydroxyl groups excluding tert-OH is 1. The number of Topliss-reactive ketones (excluding diaryl/α,β-unsaturated/α-hetero) is 1. The number of aryl methyl sites for hydroxylation is 2. The molecule has 2 aromatic carbocycles. The van der Waals surface area contributed by atoms with Gasteiger partial charge in [0.2, 0.25) is 0 Å². The molecule has 1 aliphatic heterocycles. The number of carbonyl (C=O) groups is 2. The molecule has 0 radical (unpaired) electrons. The molecule has 35 heavy (non-hydrogen) atoms. The minimum absolute atomic E-state index is 0.0433. The van der Waals surface area contributed by atoms with Gasteiger partial charge in [-0.15, -0.1) is 0 Å². The van der Waals surface area contributed by atoms with Gasteiger partial charge in [-0.3, -0.25) is 14.5 Å². The summed E-state index contributed by atoms with van der Waals surface area (Å²) in [6.07, 6.45) is 0. The van der Waals surface area contributed by atoms with E-state index in [-0.39, 0.29) is 17.3 Å². The quantitative estimate of drug-likeness (QED) is 0.281. The van der Waals surface area contributed by atoms with Crippen molar-refractivity contribution in [1.29, 1.82) is 0 Å². The first-order valence-corrected chi connectivity index (χ1v) is 11.4. The zero-order chi connectivity index (χ0) is 25.4. The molecule has 0 saturated carbocycles. The fraction of sp³-hybridized carbons (Fsp3) is 0.286. The predicted molar refractivity (Wildman–Crippen MR) is 133 cm³/mol. The van der Waals surface area contributed by atoms with Crippen molar-refractivity contribution in [1.82, 2.24) is 0 Å². The highest BCUT2D eigenvalue weighted by Gasteiger charge is 2.49. The third-order valence-electron chi connectivity index (χ3n) is 6.27. The average molecular weight is 476 g/mol. The minimum atomic E-state index is -0.969. The van der Waals surface area contributed by atoms with Gasteiger partial charge in [0.05, 0.1) is 25.5 Å². The van der Waals surface area contributed by atoms with Crippen molar-refractivity contribution in [2.24, 2.45) is 0 Å². The molecule has 1 aromatic heterocycles. The number of hydrogen-bond donors (Lipinski definition) is 1. The Balaban J connectivity index is 1.99. The topological polar surface area (TPSA) is 89.2 Å². The average Bonchev–Trinajstić information content (AvgIpc) is 3.38. The van der Waals surface area contributed by atoms with Crippen LogP contribution >= 0.6 is 0 Å². The van der Waals surface area contributed by atoms with Gasteiger partial charge in [0.25, 0.3) is 11.7 Å². The Morgan fingerprint density at radius 1 is 1.00 bits per heavy atom. The van der Waals surface area contributed by atoms with E-state index in [1.807, 2.05) is 32.9 Å². The number of ketones is 1. The molecular weight excluding hydrogens is 446 g/mol. The number of aliphatic hydroxyl groups is 1. The van der Waals surface area contributed by atoms with E-state index >= 15 is 0 Å². The number of benzene rings is 2. The van der Waals surface area contributed by atoms with E-state index in [0.717, 1.165) is 5.56 Å². The molecule has 2 heterocycles. The molecule has 1 amide bonds. The third-order valence-corrected chi connectivity index (χ3v) is 6.27. The number of rotatable bonds is 6. The maximum absolute atomic E-state index is 13.4. The Kier molecular flexibility index (Phi) is 6.43. The fourth-order valence-electron chi connectivity index (χ4n) is 4.51. The number of hydrogen-bond acceptors (Lipinski definition) is 6. The van der Waals surface area contributed by atoms with Crippen LogP contribution in [0.3, 0.4) is 0 Å². The summed E-state index contributed by atoms with van der Waals surface area (Å²) in [5.41, 5.74) is 2.41. The van der Waals surface area contributed by atoms with Gasteiger partial charge in [0.1, 0.15) is 34.8 Å². The van der Waals surface area contributed by atoms with Gasteiger partial charge in [-0.1, -0.05) is 26.0 Å². The molecular formula is C28H29NO6. The Labute approximate surface area is 204 Å². The second-order valence-corrected chi connectivity index (χ2v) is 8.85. The number of methoxy groups -OCH3 is 2. The molecule has 0 bridgehead atoms. The van der Waals surface area contributed by atoms with Gasteiger partial charge >= 0.3 is 0 Å². The predicted octanol–water partition coefficient (Wildman–Crippen LogP) is 5.66. The number of carbonyl (C=O) groups excluding carboxylic acids is 2. The largest absolute Gasteiger partial charge is 0.507 e. The number of nitrogens with zero attached hydrogens (tertiary/aromatic N) is 1. The van der Waals surface area contributed by atoms with E-state index in [4.69, 9.17) is 13.9 Å². The normalized spacial score (nSPS) is 17.3. The number of amides is 1. The highest BCUT2D eigenvalue weighted by Crippen LogP contribution is 2.46. The van der Waals surface area contributed by atoms with Crippen molar-refractivity contribution in [3.05, 3.63) is 82.3 Å². The first kappa shape index (κ1) is 24.1. The first-order valence-electron chi connectivity index (χ1n) is 11.4. The molecule has 0 spiro atoms. The standard InChI is InChI=1S/C28H29NO6/c1-15(2)18-14-19(16(3)13-23(18)34-6)26(30)24-25(22-12-11-17(4)35-22)29(28(32)27(24)31)20-9-7-8-10-21(20)33-5/h7-15,25,30H,1-6H3/b26-24+. The molecule has 7 heteroatoms. The van der Waals surface area contributed by atoms with Gasteiger partial charge < -0.3 is 19.0 Å². The van der Waals surface area contributed by atoms with Crippen molar-refractivity contribution in [3.63, 3.8) is 0 Å². The number of ether oxygens (including phenoxy) is 2. The number of anilines is 1. The highest BCUT2D eigenvalue weighted by atomic mass is 16.5. The minimum Gasteiger partial charge on any atom is -0.507 e. The van der Waals surface area contributed by atoms with E-state index in [1.165, 1.54) is 12.0 Å². The van der Waals surface area contributed by atoms with Gasteiger partial charge in [0.15, 0.2) is 0 Å². The van der Waals surface area contributed by atoms with Crippen LogP contribution in [-0.4, -0.2) is 31.0 Å². The summed E-state index contributed by atoms with van der Waals surface area (Å²) in [7, 11) is 3.09. The Hall–Kier alpha value is -4.00. The lowest BCUT2D eigenvalue weighted by Gasteiger charge is -2.25. The Bertz CT molecular complexity index is 1330. The van der Waals surface area contributed by atoms with Crippen LogP contribution in [0.15, 0.2) is 58.5 Å². The summed E-state index contributed by atoms with van der Waals surface area (Å²) in [5.74, 6) is 0.377. The van der Waals surface area contributed by atoms with Crippen molar-refractivity contribution >= 4 is 23.1 Å². The Morgan fingerprint density at radius 3 is 2.29 bits per heavy atom. The summed E-state index contributed by atoms with van der Waals surface area (Å²) in [6.45, 7) is 7.64. The van der Waals surface area contributed by atoms with Gasteiger partial charge in [-0.2, -0.15) is 0 Å². The van der Waals surface area contributed by atoms with Gasteiger partial charge in [0, 0.05) is 5.56 Å². The van der Waals surface area contributed by atoms with Crippen molar-refractivity contribution in [3.8, 4) is 11.5 Å². The van der Waals surface area contributed by atoms with Crippen molar-refractivity contribution in [2.45, 2.75) is 39.7 Å². The second-order valence-electron chi connectivity index (χ2n) is 8.85. The van der Waals surface area contributed by atoms with Crippen LogP contribution in [-0.2, 0) is 9.59 Å². The molecule has 1 aliphatic rings. The van der Waals surface area contributed by atoms with E-state index in [0.29, 0.717) is 39.8 Å². The molecule has 182 valence electrons. The fourth-order valence-corrected chi connectivity index (χ4v) is 4.51. The van der Waals surface area contributed by atoms with Crippen molar-refractivity contribution < 1.29 is 28.6 Å². The summed E-state index contributed by atoms with van der Waals surface area (Å²) in [6, 6.07) is 13.1. The molecule has 1 unspecified atom stereocenters. The molecule has 1 N–H and O–H groups in total. The van der Waals surface area contributed by atoms with E-state index in [9.17, 15) is 14.7 Å². The Morgan fingerprint density at radius 2 is 1.69 bits per heavy atom. The van der Waals surface area contributed by atoms with Gasteiger partial charge in [-0.25, -0.2) is 0 Å². The monoisotopic (exact) mass is 475 g/mol. The lowest BCUT2D eigenvalue weighted by molar-refractivity contribution is -0.132. The van der Waals surface area contributed by atoms with E-state index < -0.39 is 17.7 Å². The van der Waals surface area contributed by atoms with Crippen LogP contribution in [0.4, 0.5) is 5.69 Å². The lowest BCUT2D eigenvalue weighted by atomic mass is 9.92. The van der Waals surface area contributed by atoms with E-state index in [1.54, 1.807) is 50.4 Å². The van der Waals surface area contributed by atoms with Crippen molar-refractivity contribution in [2.75, 3.05) is 19.1 Å². The summed E-state index contributed by atoms with van der Waals surface area (Å²) in [4.78, 5) is 28.1. The van der Waals surface area contributed by atoms with Crippen LogP contribution in [0.2, 0.25) is 0 Å². The summed E-state index contributed by atoms with van der Waals surface area (Å²) >= 11 is 0. The first-order chi connectivity index (χ1) is 16.7. The number of furan rings is 1. The van der Waals surface area contributed by atoms with Crippen LogP contribution in [0.1, 0.15) is 54.0 Å². The summed E-state index contributed by atoms with van der Waals surface area (Å²) in [5, 5.41) is 11.6. The maximum atomic E-state index is 13.4. The summed E-state index contributed by atoms with van der Waals surface area (Å²) < 4.78 is 16.9. The smallest absolute Gasteiger partial charge is 0.300 e. The van der Waals surface area contributed by atoms with Gasteiger partial charge in [-0.05, 0) is 67.3 Å².